The highest BCUT2D eigenvalue weighted by Crippen LogP contribution is 2.34. The maximum Gasteiger partial charge on any atom is 0.335 e. The lowest BCUT2D eigenvalue weighted by Crippen LogP contribution is -2.24. The summed E-state index contributed by atoms with van der Waals surface area (Å²) in [7, 11) is 0. The van der Waals surface area contributed by atoms with E-state index < -0.39 is 5.97 Å². The van der Waals surface area contributed by atoms with Gasteiger partial charge in [0, 0.05) is 18.7 Å². The molecule has 0 radical (unpaired) electrons. The Balaban J connectivity index is 1.65. The summed E-state index contributed by atoms with van der Waals surface area (Å²) < 4.78 is 0. The van der Waals surface area contributed by atoms with Gasteiger partial charge in [0.25, 0.3) is 0 Å². The molecule has 4 heteroatoms. The topological polar surface area (TPSA) is 62.2 Å². The zero-order chi connectivity index (χ0) is 13.2. The number of anilines is 1. The van der Waals surface area contributed by atoms with Crippen LogP contribution in [0.4, 0.5) is 5.82 Å². The zero-order valence-corrected chi connectivity index (χ0v) is 10.3. The van der Waals surface area contributed by atoms with E-state index in [0.29, 0.717) is 11.7 Å². The number of aromatic nitrogens is 1. The second kappa shape index (κ2) is 4.72. The van der Waals surface area contributed by atoms with E-state index >= 15 is 0 Å². The number of nitrogens with zero attached hydrogens (tertiary/aromatic N) is 1. The van der Waals surface area contributed by atoms with E-state index in [4.69, 9.17) is 5.11 Å². The molecular formula is C15H14N2O2. The molecule has 0 fully saturated rings. The molecule has 1 aliphatic carbocycles. The van der Waals surface area contributed by atoms with Crippen LogP contribution in [-0.4, -0.2) is 22.6 Å². The molecule has 1 atom stereocenters. The SMILES string of the molecule is O=C(O)c1ccnc(NCC2Cc3ccccc32)c1. The van der Waals surface area contributed by atoms with Crippen LogP contribution >= 0.6 is 0 Å². The largest absolute Gasteiger partial charge is 0.478 e. The maximum atomic E-state index is 10.9. The fourth-order valence-corrected chi connectivity index (χ4v) is 2.43. The Kier molecular flexibility index (Phi) is 2.91. The molecule has 1 aliphatic rings. The van der Waals surface area contributed by atoms with E-state index in [2.05, 4.69) is 28.5 Å². The molecule has 19 heavy (non-hydrogen) atoms. The minimum absolute atomic E-state index is 0.256. The van der Waals surface area contributed by atoms with Crippen molar-refractivity contribution in [2.24, 2.45) is 0 Å². The third-order valence-corrected chi connectivity index (χ3v) is 3.50. The smallest absolute Gasteiger partial charge is 0.335 e. The third-order valence-electron chi connectivity index (χ3n) is 3.50. The predicted molar refractivity (Wildman–Crippen MR) is 72.6 cm³/mol. The van der Waals surface area contributed by atoms with Crippen molar-refractivity contribution in [1.29, 1.82) is 0 Å². The van der Waals surface area contributed by atoms with Crippen molar-refractivity contribution < 1.29 is 9.90 Å². The number of carbonyl (C=O) groups is 1. The third kappa shape index (κ3) is 2.29. The van der Waals surface area contributed by atoms with E-state index in [1.54, 1.807) is 6.07 Å². The lowest BCUT2D eigenvalue weighted by atomic mass is 9.77. The molecule has 1 aromatic heterocycles. The van der Waals surface area contributed by atoms with E-state index in [0.717, 1.165) is 13.0 Å². The van der Waals surface area contributed by atoms with E-state index in [9.17, 15) is 4.79 Å². The van der Waals surface area contributed by atoms with Gasteiger partial charge in [0.05, 0.1) is 5.56 Å². The minimum atomic E-state index is -0.931. The highest BCUT2D eigenvalue weighted by atomic mass is 16.4. The molecule has 1 aromatic carbocycles. The summed E-state index contributed by atoms with van der Waals surface area (Å²) in [5.74, 6) is 0.176. The van der Waals surface area contributed by atoms with E-state index in [1.165, 1.54) is 23.4 Å². The number of hydrogen-bond donors (Lipinski definition) is 2. The molecule has 2 aromatic rings. The van der Waals surface area contributed by atoms with Gasteiger partial charge >= 0.3 is 5.97 Å². The van der Waals surface area contributed by atoms with Crippen LogP contribution in [0.25, 0.3) is 0 Å². The highest BCUT2D eigenvalue weighted by Gasteiger charge is 2.24. The predicted octanol–water partition coefficient (Wildman–Crippen LogP) is 2.53. The molecule has 1 heterocycles. The zero-order valence-electron chi connectivity index (χ0n) is 10.3. The Morgan fingerprint density at radius 3 is 3.00 bits per heavy atom. The number of fused-ring (bicyclic) bond motifs is 1. The van der Waals surface area contributed by atoms with Crippen LogP contribution in [0.15, 0.2) is 42.6 Å². The van der Waals surface area contributed by atoms with Gasteiger partial charge in [0.1, 0.15) is 5.82 Å². The second-order valence-corrected chi connectivity index (χ2v) is 4.72. The maximum absolute atomic E-state index is 10.9. The Bertz CT molecular complexity index is 625. The average Bonchev–Trinajstić information content (AvgIpc) is 2.40. The molecular weight excluding hydrogens is 240 g/mol. The van der Waals surface area contributed by atoms with Gasteiger partial charge in [-0.15, -0.1) is 0 Å². The van der Waals surface area contributed by atoms with Crippen molar-refractivity contribution in [1.82, 2.24) is 4.98 Å². The molecule has 96 valence electrons. The van der Waals surface area contributed by atoms with Crippen molar-refractivity contribution in [3.05, 3.63) is 59.3 Å². The van der Waals surface area contributed by atoms with Crippen LogP contribution in [0, 0.1) is 0 Å². The van der Waals surface area contributed by atoms with E-state index in [1.807, 2.05) is 6.07 Å². The number of nitrogens with one attached hydrogen (secondary N) is 1. The van der Waals surface area contributed by atoms with Gasteiger partial charge in [-0.2, -0.15) is 0 Å². The number of benzene rings is 1. The average molecular weight is 254 g/mol. The van der Waals surface area contributed by atoms with Crippen LogP contribution in [0.1, 0.15) is 27.4 Å². The fraction of sp³-hybridized carbons (Fsp3) is 0.200. The minimum Gasteiger partial charge on any atom is -0.478 e. The summed E-state index contributed by atoms with van der Waals surface area (Å²) in [4.78, 5) is 15.0. The standard InChI is InChI=1S/C15H14N2O2/c18-15(19)11-5-6-16-14(8-11)17-9-12-7-10-3-1-2-4-13(10)12/h1-6,8,12H,7,9H2,(H,16,17)(H,18,19). The first-order valence-electron chi connectivity index (χ1n) is 6.25. The molecule has 0 saturated heterocycles. The van der Waals surface area contributed by atoms with Gasteiger partial charge in [0.15, 0.2) is 0 Å². The first kappa shape index (κ1) is 11.7. The normalized spacial score (nSPS) is 16.3. The van der Waals surface area contributed by atoms with Crippen molar-refractivity contribution >= 4 is 11.8 Å². The molecule has 0 aliphatic heterocycles. The Labute approximate surface area is 111 Å². The highest BCUT2D eigenvalue weighted by molar-refractivity contribution is 5.88. The number of carboxylic acid groups (broad SMARTS) is 1. The summed E-state index contributed by atoms with van der Waals surface area (Å²) in [6.45, 7) is 0.785. The molecule has 1 unspecified atom stereocenters. The summed E-state index contributed by atoms with van der Waals surface area (Å²) in [6, 6.07) is 11.5. The van der Waals surface area contributed by atoms with Crippen LogP contribution in [0.3, 0.4) is 0 Å². The van der Waals surface area contributed by atoms with Crippen molar-refractivity contribution in [2.75, 3.05) is 11.9 Å². The Morgan fingerprint density at radius 2 is 2.21 bits per heavy atom. The van der Waals surface area contributed by atoms with Crippen LogP contribution < -0.4 is 5.32 Å². The van der Waals surface area contributed by atoms with Gasteiger partial charge < -0.3 is 10.4 Å². The van der Waals surface area contributed by atoms with Crippen molar-refractivity contribution in [2.45, 2.75) is 12.3 Å². The van der Waals surface area contributed by atoms with Crippen LogP contribution in [-0.2, 0) is 6.42 Å². The lowest BCUT2D eigenvalue weighted by molar-refractivity contribution is 0.0697. The molecule has 2 N–H and O–H groups in total. The van der Waals surface area contributed by atoms with Gasteiger partial charge in [0.2, 0.25) is 0 Å². The summed E-state index contributed by atoms with van der Waals surface area (Å²) >= 11 is 0. The Hall–Kier alpha value is -2.36. The second-order valence-electron chi connectivity index (χ2n) is 4.72. The monoisotopic (exact) mass is 254 g/mol. The summed E-state index contributed by atoms with van der Waals surface area (Å²) in [5.41, 5.74) is 3.04. The fourth-order valence-electron chi connectivity index (χ4n) is 2.43. The van der Waals surface area contributed by atoms with E-state index in [-0.39, 0.29) is 5.56 Å². The lowest BCUT2D eigenvalue weighted by Gasteiger charge is -2.30. The molecule has 4 nitrogen and oxygen atoms in total. The molecule has 0 amide bonds. The Morgan fingerprint density at radius 1 is 1.37 bits per heavy atom. The van der Waals surface area contributed by atoms with Crippen LogP contribution in [0.2, 0.25) is 0 Å². The number of aromatic carboxylic acids is 1. The molecule has 0 saturated carbocycles. The molecule has 3 rings (SSSR count). The summed E-state index contributed by atoms with van der Waals surface area (Å²) in [6.07, 6.45) is 2.59. The number of rotatable bonds is 4. The van der Waals surface area contributed by atoms with Gasteiger partial charge in [-0.25, -0.2) is 9.78 Å². The van der Waals surface area contributed by atoms with Gasteiger partial charge in [-0.1, -0.05) is 24.3 Å². The van der Waals surface area contributed by atoms with Crippen molar-refractivity contribution in [3.8, 4) is 0 Å². The molecule has 0 spiro atoms. The van der Waals surface area contributed by atoms with Gasteiger partial charge in [-0.3, -0.25) is 0 Å². The summed E-state index contributed by atoms with van der Waals surface area (Å²) in [5, 5.41) is 12.1. The van der Waals surface area contributed by atoms with Crippen LogP contribution in [0.5, 0.6) is 0 Å². The van der Waals surface area contributed by atoms with Crippen molar-refractivity contribution in [3.63, 3.8) is 0 Å². The number of carboxylic acids is 1. The number of hydrogen-bond acceptors (Lipinski definition) is 3. The molecule has 0 bridgehead atoms. The quantitative estimate of drug-likeness (QED) is 0.880. The van der Waals surface area contributed by atoms with Gasteiger partial charge in [-0.05, 0) is 29.7 Å². The first-order chi connectivity index (χ1) is 9.24. The first-order valence-corrected chi connectivity index (χ1v) is 6.25. The number of pyridine rings is 1.